The second-order valence-electron chi connectivity index (χ2n) is 6.84. The lowest BCUT2D eigenvalue weighted by Gasteiger charge is -2.19. The van der Waals surface area contributed by atoms with E-state index in [1.54, 1.807) is 24.3 Å². The van der Waals surface area contributed by atoms with Crippen LogP contribution in [0.15, 0.2) is 84.9 Å². The van der Waals surface area contributed by atoms with E-state index in [0.717, 1.165) is 12.7 Å². The summed E-state index contributed by atoms with van der Waals surface area (Å²) in [5.41, 5.74) is 2.95. The molecule has 0 spiro atoms. The van der Waals surface area contributed by atoms with Gasteiger partial charge in [-0.15, -0.1) is 0 Å². The molecule has 0 saturated carbocycles. The van der Waals surface area contributed by atoms with Crippen LogP contribution < -0.4 is 10.0 Å². The van der Waals surface area contributed by atoms with Gasteiger partial charge in [0.05, 0.1) is 17.5 Å². The highest BCUT2D eigenvalue weighted by atomic mass is 32.2. The van der Waals surface area contributed by atoms with Gasteiger partial charge in [-0.1, -0.05) is 72.8 Å². The van der Waals surface area contributed by atoms with Gasteiger partial charge in [0.1, 0.15) is 0 Å². The molecule has 0 aliphatic heterocycles. The molecular formula is C23H24N2O3S. The van der Waals surface area contributed by atoms with Crippen molar-refractivity contribution in [1.29, 1.82) is 0 Å². The van der Waals surface area contributed by atoms with Crippen molar-refractivity contribution in [2.45, 2.75) is 12.3 Å². The van der Waals surface area contributed by atoms with Crippen molar-refractivity contribution in [1.82, 2.24) is 5.32 Å². The summed E-state index contributed by atoms with van der Waals surface area (Å²) >= 11 is 0. The first-order chi connectivity index (χ1) is 13.9. The summed E-state index contributed by atoms with van der Waals surface area (Å²) in [5, 5.41) is 2.92. The van der Waals surface area contributed by atoms with Gasteiger partial charge < -0.3 is 5.32 Å². The van der Waals surface area contributed by atoms with Gasteiger partial charge in [0, 0.05) is 12.5 Å². The van der Waals surface area contributed by atoms with Crippen LogP contribution in [-0.4, -0.2) is 27.1 Å². The Morgan fingerprint density at radius 2 is 1.34 bits per heavy atom. The molecule has 1 amide bonds. The van der Waals surface area contributed by atoms with Crippen molar-refractivity contribution in [2.24, 2.45) is 0 Å². The number of amides is 1. The van der Waals surface area contributed by atoms with E-state index in [4.69, 9.17) is 0 Å². The van der Waals surface area contributed by atoms with Crippen LogP contribution in [0.3, 0.4) is 0 Å². The smallest absolute Gasteiger partial charge is 0.253 e. The minimum atomic E-state index is -3.47. The highest BCUT2D eigenvalue weighted by Gasteiger charge is 2.16. The van der Waals surface area contributed by atoms with Crippen LogP contribution in [0.2, 0.25) is 0 Å². The van der Waals surface area contributed by atoms with Gasteiger partial charge in [0.2, 0.25) is 10.0 Å². The van der Waals surface area contributed by atoms with Crippen LogP contribution in [0.4, 0.5) is 5.69 Å². The molecule has 3 aromatic carbocycles. The maximum atomic E-state index is 12.7. The Bertz CT molecular complexity index is 1010. The van der Waals surface area contributed by atoms with Crippen LogP contribution in [0.5, 0.6) is 0 Å². The number of carbonyl (C=O) groups is 1. The second kappa shape index (κ2) is 9.39. The summed E-state index contributed by atoms with van der Waals surface area (Å²) < 4.78 is 25.5. The lowest BCUT2D eigenvalue weighted by atomic mass is 9.88. The van der Waals surface area contributed by atoms with Gasteiger partial charge in [-0.2, -0.15) is 0 Å². The molecule has 0 fully saturated rings. The Morgan fingerprint density at radius 3 is 1.90 bits per heavy atom. The van der Waals surface area contributed by atoms with Crippen LogP contribution in [-0.2, 0) is 10.0 Å². The summed E-state index contributed by atoms with van der Waals surface area (Å²) in [7, 11) is -3.47. The summed E-state index contributed by atoms with van der Waals surface area (Å²) in [4.78, 5) is 12.7. The van der Waals surface area contributed by atoms with Gasteiger partial charge in [-0.05, 0) is 29.7 Å². The van der Waals surface area contributed by atoms with E-state index in [9.17, 15) is 13.2 Å². The fourth-order valence-corrected chi connectivity index (χ4v) is 3.87. The quantitative estimate of drug-likeness (QED) is 0.591. The Kier molecular flexibility index (Phi) is 6.67. The number of carbonyl (C=O) groups excluding carboxylic acids is 1. The molecule has 0 heterocycles. The minimum Gasteiger partial charge on any atom is -0.352 e. The molecule has 0 radical (unpaired) electrons. The number of benzene rings is 3. The number of sulfonamides is 1. The van der Waals surface area contributed by atoms with Crippen LogP contribution in [0, 0.1) is 0 Å². The summed E-state index contributed by atoms with van der Waals surface area (Å²) in [6.45, 7) is 0.459. The molecule has 3 aromatic rings. The van der Waals surface area contributed by atoms with Crippen molar-refractivity contribution >= 4 is 21.6 Å². The van der Waals surface area contributed by atoms with E-state index in [1.165, 1.54) is 11.1 Å². The van der Waals surface area contributed by atoms with E-state index in [2.05, 4.69) is 34.3 Å². The van der Waals surface area contributed by atoms with Crippen LogP contribution >= 0.6 is 0 Å². The largest absolute Gasteiger partial charge is 0.352 e. The predicted octanol–water partition coefficient (Wildman–Crippen LogP) is 4.01. The Morgan fingerprint density at radius 1 is 0.828 bits per heavy atom. The summed E-state index contributed by atoms with van der Waals surface area (Å²) in [6.07, 6.45) is 1.79. The van der Waals surface area contributed by atoms with Crippen LogP contribution in [0.1, 0.15) is 33.8 Å². The van der Waals surface area contributed by atoms with Crippen molar-refractivity contribution in [3.63, 3.8) is 0 Å². The third-order valence-electron chi connectivity index (χ3n) is 4.59. The topological polar surface area (TPSA) is 75.3 Å². The maximum Gasteiger partial charge on any atom is 0.253 e. The normalized spacial score (nSPS) is 11.2. The first-order valence-electron chi connectivity index (χ1n) is 9.39. The molecule has 0 saturated heterocycles. The third kappa shape index (κ3) is 5.93. The molecule has 6 heteroatoms. The molecule has 150 valence electrons. The highest BCUT2D eigenvalue weighted by molar-refractivity contribution is 7.92. The molecule has 5 nitrogen and oxygen atoms in total. The molecule has 2 N–H and O–H groups in total. The Labute approximate surface area is 171 Å². The molecule has 0 aromatic heterocycles. The lowest BCUT2D eigenvalue weighted by molar-refractivity contribution is 0.0953. The maximum absolute atomic E-state index is 12.7. The summed E-state index contributed by atoms with van der Waals surface area (Å²) in [5.74, 6) is -0.154. The van der Waals surface area contributed by atoms with E-state index in [0.29, 0.717) is 12.1 Å². The van der Waals surface area contributed by atoms with Crippen molar-refractivity contribution in [3.05, 3.63) is 102 Å². The standard InChI is InChI=1S/C23H24N2O3S/c1-29(27,28)25-22-15-9-8-14-21(22)23(26)24-17-16-20(18-10-4-2-5-11-18)19-12-6-3-7-13-19/h2-15,20,25H,16-17H2,1H3,(H,24,26). The molecule has 0 unspecified atom stereocenters. The number of nitrogens with one attached hydrogen (secondary N) is 2. The average Bonchev–Trinajstić information content (AvgIpc) is 2.71. The molecule has 29 heavy (non-hydrogen) atoms. The highest BCUT2D eigenvalue weighted by Crippen LogP contribution is 2.27. The zero-order valence-electron chi connectivity index (χ0n) is 16.2. The molecule has 0 aliphatic rings. The fourth-order valence-electron chi connectivity index (χ4n) is 3.29. The Balaban J connectivity index is 1.71. The first kappa shape index (κ1) is 20.6. The van der Waals surface area contributed by atoms with Crippen molar-refractivity contribution in [2.75, 3.05) is 17.5 Å². The van der Waals surface area contributed by atoms with Gasteiger partial charge in [-0.25, -0.2) is 8.42 Å². The second-order valence-corrected chi connectivity index (χ2v) is 8.59. The van der Waals surface area contributed by atoms with E-state index < -0.39 is 10.0 Å². The van der Waals surface area contributed by atoms with E-state index in [1.807, 2.05) is 36.4 Å². The third-order valence-corrected chi connectivity index (χ3v) is 5.18. The fraction of sp³-hybridized carbons (Fsp3) is 0.174. The number of hydrogen-bond donors (Lipinski definition) is 2. The predicted molar refractivity (Wildman–Crippen MR) is 117 cm³/mol. The minimum absolute atomic E-state index is 0.155. The van der Waals surface area contributed by atoms with Crippen LogP contribution in [0.25, 0.3) is 0 Å². The first-order valence-corrected chi connectivity index (χ1v) is 11.3. The molecular weight excluding hydrogens is 384 g/mol. The van der Waals surface area contributed by atoms with Gasteiger partial charge in [-0.3, -0.25) is 9.52 Å². The number of anilines is 1. The molecule has 0 aliphatic carbocycles. The molecule has 0 bridgehead atoms. The lowest BCUT2D eigenvalue weighted by Crippen LogP contribution is -2.27. The zero-order valence-corrected chi connectivity index (χ0v) is 17.0. The number of rotatable bonds is 8. The van der Waals surface area contributed by atoms with E-state index >= 15 is 0 Å². The van der Waals surface area contributed by atoms with Gasteiger partial charge >= 0.3 is 0 Å². The van der Waals surface area contributed by atoms with Crippen molar-refractivity contribution < 1.29 is 13.2 Å². The number of para-hydroxylation sites is 1. The molecule has 0 atom stereocenters. The van der Waals surface area contributed by atoms with Gasteiger partial charge in [0.15, 0.2) is 0 Å². The number of hydrogen-bond acceptors (Lipinski definition) is 3. The van der Waals surface area contributed by atoms with E-state index in [-0.39, 0.29) is 17.5 Å². The summed E-state index contributed by atoms with van der Waals surface area (Å²) in [6, 6.07) is 26.9. The molecule has 3 rings (SSSR count). The monoisotopic (exact) mass is 408 g/mol. The average molecular weight is 409 g/mol. The Hall–Kier alpha value is -3.12. The van der Waals surface area contributed by atoms with Gasteiger partial charge in [0.25, 0.3) is 5.91 Å². The zero-order chi connectivity index (χ0) is 20.7. The SMILES string of the molecule is CS(=O)(=O)Nc1ccccc1C(=O)NCCC(c1ccccc1)c1ccccc1. The van der Waals surface area contributed by atoms with Crippen molar-refractivity contribution in [3.8, 4) is 0 Å².